The third-order valence-corrected chi connectivity index (χ3v) is 7.22. The number of hydrogen-bond donors (Lipinski definition) is 0. The van der Waals surface area contributed by atoms with E-state index < -0.39 is 16.9 Å². The molecule has 1 aromatic heterocycles. The summed E-state index contributed by atoms with van der Waals surface area (Å²) >= 11 is 0. The fraction of sp³-hybridized carbons (Fsp3) is 0.226. The number of anilines is 1. The molecule has 0 fully saturated rings. The molecule has 0 saturated heterocycles. The highest BCUT2D eigenvalue weighted by atomic mass is 19.1. The van der Waals surface area contributed by atoms with Gasteiger partial charge in [0.15, 0.2) is 0 Å². The van der Waals surface area contributed by atoms with E-state index in [-0.39, 0.29) is 29.5 Å². The number of nitro groups is 1. The number of carbonyl (C=O) groups is 2. The molecule has 0 spiro atoms. The zero-order chi connectivity index (χ0) is 28.4. The van der Waals surface area contributed by atoms with Crippen LogP contribution in [0.1, 0.15) is 53.0 Å². The van der Waals surface area contributed by atoms with Gasteiger partial charge in [-0.3, -0.25) is 24.6 Å². The van der Waals surface area contributed by atoms with Gasteiger partial charge < -0.3 is 9.47 Å². The first-order chi connectivity index (χ1) is 19.3. The Morgan fingerprint density at radius 3 is 2.42 bits per heavy atom. The molecule has 0 aliphatic carbocycles. The maximum atomic E-state index is 14.2. The summed E-state index contributed by atoms with van der Waals surface area (Å²) in [6.45, 7) is 3.69. The van der Waals surface area contributed by atoms with Crippen molar-refractivity contribution in [3.05, 3.63) is 123 Å². The standard InChI is InChI=1S/C31H29FN4O4/c1-3-4-17-33(31(38)23-12-11-21(2)28(19-23)36(39)40)20-29(37)35-26-9-6-5-8-25(26)34-18-7-10-27(34)30(35)22-13-15-24(32)16-14-22/h5-16,18-19,30H,3-4,17,20H2,1-2H3. The third kappa shape index (κ3) is 4.98. The van der Waals surface area contributed by atoms with Crippen LogP contribution >= 0.6 is 0 Å². The Labute approximate surface area is 231 Å². The zero-order valence-corrected chi connectivity index (χ0v) is 22.3. The summed E-state index contributed by atoms with van der Waals surface area (Å²) in [4.78, 5) is 42.0. The lowest BCUT2D eigenvalue weighted by atomic mass is 9.97. The average Bonchev–Trinajstić information content (AvgIpc) is 3.45. The van der Waals surface area contributed by atoms with Crippen molar-refractivity contribution in [2.24, 2.45) is 0 Å². The monoisotopic (exact) mass is 540 g/mol. The second kappa shape index (κ2) is 11.1. The fourth-order valence-electron chi connectivity index (χ4n) is 5.19. The lowest BCUT2D eigenvalue weighted by Gasteiger charge is -2.39. The molecule has 9 heteroatoms. The minimum Gasteiger partial charge on any atom is -0.329 e. The predicted octanol–water partition coefficient (Wildman–Crippen LogP) is 6.21. The molecule has 1 aliphatic heterocycles. The van der Waals surface area contributed by atoms with Gasteiger partial charge in [-0.2, -0.15) is 0 Å². The second-order valence-electron chi connectivity index (χ2n) is 9.85. The Balaban J connectivity index is 1.55. The summed E-state index contributed by atoms with van der Waals surface area (Å²) < 4.78 is 15.9. The summed E-state index contributed by atoms with van der Waals surface area (Å²) in [5.74, 6) is -1.14. The van der Waals surface area contributed by atoms with E-state index in [9.17, 15) is 24.1 Å². The molecular weight excluding hydrogens is 511 g/mol. The molecule has 4 aromatic rings. The number of nitrogens with zero attached hydrogens (tertiary/aromatic N) is 4. The van der Waals surface area contributed by atoms with Gasteiger partial charge >= 0.3 is 0 Å². The Kier molecular flexibility index (Phi) is 7.46. The molecule has 2 amide bonds. The molecular formula is C31H29FN4O4. The summed E-state index contributed by atoms with van der Waals surface area (Å²) in [6, 6.07) is 21.2. The van der Waals surface area contributed by atoms with Crippen molar-refractivity contribution in [2.75, 3.05) is 18.0 Å². The van der Waals surface area contributed by atoms with Crippen LogP contribution < -0.4 is 4.90 Å². The molecule has 0 saturated carbocycles. The maximum Gasteiger partial charge on any atom is 0.273 e. The lowest BCUT2D eigenvalue weighted by molar-refractivity contribution is -0.385. The number of halogens is 1. The van der Waals surface area contributed by atoms with Crippen LogP contribution in [0.4, 0.5) is 15.8 Å². The van der Waals surface area contributed by atoms with E-state index in [2.05, 4.69) is 0 Å². The van der Waals surface area contributed by atoms with Crippen molar-refractivity contribution in [2.45, 2.75) is 32.7 Å². The highest BCUT2D eigenvalue weighted by Crippen LogP contribution is 2.42. The molecule has 1 unspecified atom stereocenters. The lowest BCUT2D eigenvalue weighted by Crippen LogP contribution is -2.47. The average molecular weight is 541 g/mol. The predicted molar refractivity (Wildman–Crippen MR) is 150 cm³/mol. The number of rotatable bonds is 8. The van der Waals surface area contributed by atoms with Gasteiger partial charge in [0.2, 0.25) is 5.91 Å². The highest BCUT2D eigenvalue weighted by Gasteiger charge is 2.37. The molecule has 0 N–H and O–H groups in total. The molecule has 3 aromatic carbocycles. The van der Waals surface area contributed by atoms with Crippen LogP contribution in [0, 0.1) is 22.9 Å². The Morgan fingerprint density at radius 1 is 1.00 bits per heavy atom. The quantitative estimate of drug-likeness (QED) is 0.196. The van der Waals surface area contributed by atoms with Crippen molar-refractivity contribution in [3.8, 4) is 5.69 Å². The van der Waals surface area contributed by atoms with Gasteiger partial charge in [-0.15, -0.1) is 0 Å². The van der Waals surface area contributed by atoms with E-state index in [1.165, 1.54) is 23.1 Å². The first-order valence-electron chi connectivity index (χ1n) is 13.2. The molecule has 2 heterocycles. The fourth-order valence-corrected chi connectivity index (χ4v) is 5.19. The Morgan fingerprint density at radius 2 is 1.73 bits per heavy atom. The number of carbonyl (C=O) groups excluding carboxylic acids is 2. The van der Waals surface area contributed by atoms with Crippen LogP contribution in [-0.2, 0) is 4.79 Å². The molecule has 1 atom stereocenters. The molecule has 0 radical (unpaired) electrons. The molecule has 0 bridgehead atoms. The zero-order valence-electron chi connectivity index (χ0n) is 22.3. The summed E-state index contributed by atoms with van der Waals surface area (Å²) in [5, 5.41) is 11.5. The molecule has 1 aliphatic rings. The second-order valence-corrected chi connectivity index (χ2v) is 9.85. The van der Waals surface area contributed by atoms with E-state index in [0.717, 1.165) is 23.4 Å². The van der Waals surface area contributed by atoms with E-state index >= 15 is 0 Å². The van der Waals surface area contributed by atoms with Gasteiger partial charge in [0.1, 0.15) is 18.4 Å². The van der Waals surface area contributed by atoms with Gasteiger partial charge in [-0.05, 0) is 61.4 Å². The van der Waals surface area contributed by atoms with Gasteiger partial charge in [-0.25, -0.2) is 4.39 Å². The first kappa shape index (κ1) is 26.8. The SMILES string of the molecule is CCCCN(CC(=O)N1c2ccccc2-n2cccc2C1c1ccc(F)cc1)C(=O)c1ccc(C)c([N+](=O)[O-])c1. The minimum atomic E-state index is -0.554. The molecule has 204 valence electrons. The van der Waals surface area contributed by atoms with Crippen LogP contribution in [0.2, 0.25) is 0 Å². The van der Waals surface area contributed by atoms with Crippen LogP contribution in [-0.4, -0.2) is 39.3 Å². The number of fused-ring (bicyclic) bond motifs is 3. The smallest absolute Gasteiger partial charge is 0.273 e. The van der Waals surface area contributed by atoms with Gasteiger partial charge in [0.05, 0.1) is 22.0 Å². The highest BCUT2D eigenvalue weighted by molar-refractivity contribution is 6.03. The number of hydrogen-bond acceptors (Lipinski definition) is 4. The van der Waals surface area contributed by atoms with Crippen molar-refractivity contribution >= 4 is 23.2 Å². The summed E-state index contributed by atoms with van der Waals surface area (Å²) in [5.41, 5.74) is 3.50. The van der Waals surface area contributed by atoms with Crippen LogP contribution in [0.15, 0.2) is 85.1 Å². The van der Waals surface area contributed by atoms with E-state index in [1.54, 1.807) is 36.1 Å². The van der Waals surface area contributed by atoms with Crippen LogP contribution in [0.3, 0.4) is 0 Å². The first-order valence-corrected chi connectivity index (χ1v) is 13.2. The molecule has 40 heavy (non-hydrogen) atoms. The summed E-state index contributed by atoms with van der Waals surface area (Å²) in [7, 11) is 0. The Bertz CT molecular complexity index is 1580. The number of nitro benzene ring substituents is 1. The molecule has 5 rings (SSSR count). The normalized spacial score (nSPS) is 13.9. The number of amides is 2. The summed E-state index contributed by atoms with van der Waals surface area (Å²) in [6.07, 6.45) is 3.38. The minimum absolute atomic E-state index is 0.144. The topological polar surface area (TPSA) is 88.7 Å². The number of benzene rings is 3. The van der Waals surface area contributed by atoms with E-state index in [0.29, 0.717) is 24.2 Å². The van der Waals surface area contributed by atoms with Gasteiger partial charge in [0, 0.05) is 29.9 Å². The third-order valence-electron chi connectivity index (χ3n) is 7.22. The van der Waals surface area contributed by atoms with Crippen molar-refractivity contribution in [3.63, 3.8) is 0 Å². The van der Waals surface area contributed by atoms with Crippen molar-refractivity contribution in [1.82, 2.24) is 9.47 Å². The number of unbranched alkanes of at least 4 members (excludes halogenated alkanes) is 1. The van der Waals surface area contributed by atoms with Crippen LogP contribution in [0.5, 0.6) is 0 Å². The van der Waals surface area contributed by atoms with E-state index in [4.69, 9.17) is 0 Å². The maximum absolute atomic E-state index is 14.2. The largest absolute Gasteiger partial charge is 0.329 e. The Hall–Kier alpha value is -4.79. The number of aryl methyl sites for hydroxylation is 1. The van der Waals surface area contributed by atoms with Crippen molar-refractivity contribution < 1.29 is 18.9 Å². The van der Waals surface area contributed by atoms with Gasteiger partial charge in [0.25, 0.3) is 11.6 Å². The van der Waals surface area contributed by atoms with Crippen LogP contribution in [0.25, 0.3) is 5.69 Å². The van der Waals surface area contributed by atoms with Crippen molar-refractivity contribution in [1.29, 1.82) is 0 Å². The number of para-hydroxylation sites is 2. The van der Waals surface area contributed by atoms with Gasteiger partial charge in [-0.1, -0.05) is 43.7 Å². The molecule has 8 nitrogen and oxygen atoms in total. The number of aromatic nitrogens is 1. The van der Waals surface area contributed by atoms with E-state index in [1.807, 2.05) is 54.1 Å².